The molecule has 1 N–H and O–H groups in total. The Morgan fingerprint density at radius 1 is 0.886 bits per heavy atom. The number of hydrogen-bond donors (Lipinski definition) is 1. The highest BCUT2D eigenvalue weighted by molar-refractivity contribution is 5.99. The standard InChI is InChI=1S/C29H30N4O2/c34-28(31-17-12-22-10-15-30-16-11-22)24-13-18-32(19-14-24)29(35)27-20-25-8-4-5-9-26(25)33(27)21-23-6-2-1-3-7-23/h1-11,15-16,20,24H,12-14,17-19,21H2,(H,31,34). The number of nitrogens with one attached hydrogen (secondary N) is 1. The summed E-state index contributed by atoms with van der Waals surface area (Å²) in [7, 11) is 0. The fraction of sp³-hybridized carbons (Fsp3) is 0.276. The molecule has 178 valence electrons. The van der Waals surface area contributed by atoms with Crippen molar-refractivity contribution in [3.63, 3.8) is 0 Å². The zero-order valence-electron chi connectivity index (χ0n) is 19.8. The van der Waals surface area contributed by atoms with Crippen molar-refractivity contribution in [3.8, 4) is 0 Å². The summed E-state index contributed by atoms with van der Waals surface area (Å²) in [6.45, 7) is 2.44. The van der Waals surface area contributed by atoms with Crippen molar-refractivity contribution in [2.24, 2.45) is 5.92 Å². The molecular formula is C29H30N4O2. The monoisotopic (exact) mass is 466 g/mol. The van der Waals surface area contributed by atoms with Gasteiger partial charge >= 0.3 is 0 Å². The Hall–Kier alpha value is -3.93. The zero-order chi connectivity index (χ0) is 24.0. The molecule has 1 aliphatic heterocycles. The third kappa shape index (κ3) is 5.27. The lowest BCUT2D eigenvalue weighted by Crippen LogP contribution is -2.43. The number of amides is 2. The first-order valence-electron chi connectivity index (χ1n) is 12.3. The van der Waals surface area contributed by atoms with Crippen molar-refractivity contribution in [2.45, 2.75) is 25.8 Å². The molecule has 1 fully saturated rings. The number of pyridine rings is 1. The van der Waals surface area contributed by atoms with E-state index in [1.54, 1.807) is 12.4 Å². The van der Waals surface area contributed by atoms with Crippen LogP contribution in [0, 0.1) is 5.92 Å². The molecule has 35 heavy (non-hydrogen) atoms. The maximum atomic E-state index is 13.6. The molecule has 2 amide bonds. The zero-order valence-corrected chi connectivity index (χ0v) is 19.8. The number of piperidine rings is 1. The Balaban J connectivity index is 1.22. The highest BCUT2D eigenvalue weighted by Crippen LogP contribution is 2.25. The number of benzene rings is 2. The van der Waals surface area contributed by atoms with Crippen LogP contribution in [-0.2, 0) is 17.8 Å². The second-order valence-corrected chi connectivity index (χ2v) is 9.12. The van der Waals surface area contributed by atoms with Crippen LogP contribution in [0.1, 0.15) is 34.5 Å². The van der Waals surface area contributed by atoms with E-state index < -0.39 is 0 Å². The van der Waals surface area contributed by atoms with Crippen LogP contribution in [0.15, 0.2) is 85.2 Å². The average Bonchev–Trinajstić information content (AvgIpc) is 3.28. The number of hydrogen-bond acceptors (Lipinski definition) is 3. The molecule has 0 unspecified atom stereocenters. The topological polar surface area (TPSA) is 67.2 Å². The normalized spacial score (nSPS) is 14.2. The van der Waals surface area contributed by atoms with Gasteiger partial charge in [0, 0.05) is 55.4 Å². The van der Waals surface area contributed by atoms with Gasteiger partial charge in [-0.2, -0.15) is 0 Å². The Morgan fingerprint density at radius 3 is 2.37 bits per heavy atom. The number of fused-ring (bicyclic) bond motifs is 1. The van der Waals surface area contributed by atoms with Crippen LogP contribution in [0.25, 0.3) is 10.9 Å². The molecule has 0 saturated carbocycles. The maximum absolute atomic E-state index is 13.6. The van der Waals surface area contributed by atoms with Crippen LogP contribution in [0.2, 0.25) is 0 Å². The van der Waals surface area contributed by atoms with E-state index in [1.807, 2.05) is 53.4 Å². The summed E-state index contributed by atoms with van der Waals surface area (Å²) in [4.78, 5) is 32.2. The Kier molecular flexibility index (Phi) is 6.89. The average molecular weight is 467 g/mol. The molecule has 2 aromatic carbocycles. The number of para-hydroxylation sites is 1. The van der Waals surface area contributed by atoms with Crippen LogP contribution in [0.4, 0.5) is 0 Å². The van der Waals surface area contributed by atoms with E-state index in [2.05, 4.69) is 39.1 Å². The third-order valence-electron chi connectivity index (χ3n) is 6.83. The molecule has 0 radical (unpaired) electrons. The molecule has 1 aliphatic rings. The first-order valence-corrected chi connectivity index (χ1v) is 12.3. The molecule has 6 heteroatoms. The first kappa shape index (κ1) is 22.8. The minimum absolute atomic E-state index is 0.0358. The van der Waals surface area contributed by atoms with Crippen LogP contribution >= 0.6 is 0 Å². The van der Waals surface area contributed by atoms with Crippen LogP contribution in [0.5, 0.6) is 0 Å². The highest BCUT2D eigenvalue weighted by Gasteiger charge is 2.29. The van der Waals surface area contributed by atoms with Gasteiger partial charge < -0.3 is 14.8 Å². The summed E-state index contributed by atoms with van der Waals surface area (Å²) in [5, 5.41) is 4.13. The summed E-state index contributed by atoms with van der Waals surface area (Å²) in [6, 6.07) is 24.3. The summed E-state index contributed by atoms with van der Waals surface area (Å²) >= 11 is 0. The summed E-state index contributed by atoms with van der Waals surface area (Å²) < 4.78 is 2.12. The molecule has 0 spiro atoms. The molecule has 5 rings (SSSR count). The number of carbonyl (C=O) groups excluding carboxylic acids is 2. The second kappa shape index (κ2) is 10.6. The summed E-state index contributed by atoms with van der Waals surface area (Å²) in [6.07, 6.45) is 5.70. The number of carbonyl (C=O) groups is 2. The number of rotatable bonds is 7. The van der Waals surface area contributed by atoms with Gasteiger partial charge in [-0.05, 0) is 54.7 Å². The number of nitrogens with zero attached hydrogens (tertiary/aromatic N) is 3. The first-order chi connectivity index (χ1) is 17.2. The molecule has 2 aromatic heterocycles. The van der Waals surface area contributed by atoms with E-state index in [4.69, 9.17) is 0 Å². The van der Waals surface area contributed by atoms with Crippen molar-refractivity contribution < 1.29 is 9.59 Å². The molecule has 4 aromatic rings. The predicted octanol–water partition coefficient (Wildman–Crippen LogP) is 4.30. The lowest BCUT2D eigenvalue weighted by molar-refractivity contribution is -0.126. The predicted molar refractivity (Wildman–Crippen MR) is 137 cm³/mol. The highest BCUT2D eigenvalue weighted by atomic mass is 16.2. The molecule has 0 atom stereocenters. The Labute approximate surface area is 205 Å². The van der Waals surface area contributed by atoms with E-state index in [-0.39, 0.29) is 17.7 Å². The van der Waals surface area contributed by atoms with Crippen molar-refractivity contribution in [3.05, 3.63) is 102 Å². The van der Waals surface area contributed by atoms with Crippen LogP contribution in [0.3, 0.4) is 0 Å². The Morgan fingerprint density at radius 2 is 1.60 bits per heavy atom. The quantitative estimate of drug-likeness (QED) is 0.442. The van der Waals surface area contributed by atoms with Crippen molar-refractivity contribution >= 4 is 22.7 Å². The van der Waals surface area contributed by atoms with Crippen molar-refractivity contribution in [1.29, 1.82) is 0 Å². The van der Waals surface area contributed by atoms with Gasteiger partial charge in [-0.1, -0.05) is 48.5 Å². The van der Waals surface area contributed by atoms with Gasteiger partial charge in [0.05, 0.1) is 0 Å². The fourth-order valence-corrected chi connectivity index (χ4v) is 4.85. The van der Waals surface area contributed by atoms with Gasteiger partial charge in [0.1, 0.15) is 5.69 Å². The third-order valence-corrected chi connectivity index (χ3v) is 6.83. The fourth-order valence-electron chi connectivity index (χ4n) is 4.85. The maximum Gasteiger partial charge on any atom is 0.270 e. The smallest absolute Gasteiger partial charge is 0.270 e. The Bertz CT molecular complexity index is 1290. The van der Waals surface area contributed by atoms with Crippen LogP contribution < -0.4 is 5.32 Å². The lowest BCUT2D eigenvalue weighted by Gasteiger charge is -2.31. The summed E-state index contributed by atoms with van der Waals surface area (Å²) in [5.74, 6) is 0.0738. The largest absolute Gasteiger partial charge is 0.356 e. The molecule has 0 bridgehead atoms. The van der Waals surface area contributed by atoms with Gasteiger partial charge in [0.15, 0.2) is 0 Å². The van der Waals surface area contributed by atoms with Gasteiger partial charge in [-0.3, -0.25) is 14.6 Å². The molecule has 6 nitrogen and oxygen atoms in total. The molecule has 3 heterocycles. The van der Waals surface area contributed by atoms with Crippen molar-refractivity contribution in [2.75, 3.05) is 19.6 Å². The van der Waals surface area contributed by atoms with E-state index in [0.717, 1.165) is 28.5 Å². The van der Waals surface area contributed by atoms with Crippen LogP contribution in [-0.4, -0.2) is 45.9 Å². The van der Waals surface area contributed by atoms with E-state index in [9.17, 15) is 9.59 Å². The van der Waals surface area contributed by atoms with E-state index in [0.29, 0.717) is 44.7 Å². The minimum atomic E-state index is -0.0494. The van der Waals surface area contributed by atoms with Gasteiger partial charge in [0.25, 0.3) is 5.91 Å². The number of likely N-dealkylation sites (tertiary alicyclic amines) is 1. The van der Waals surface area contributed by atoms with E-state index >= 15 is 0 Å². The van der Waals surface area contributed by atoms with Crippen molar-refractivity contribution in [1.82, 2.24) is 19.8 Å². The second-order valence-electron chi connectivity index (χ2n) is 9.12. The summed E-state index contributed by atoms with van der Waals surface area (Å²) in [5.41, 5.74) is 4.08. The molecular weight excluding hydrogens is 436 g/mol. The van der Waals surface area contributed by atoms with Gasteiger partial charge in [-0.25, -0.2) is 0 Å². The SMILES string of the molecule is O=C(NCCc1ccncc1)C1CCN(C(=O)c2cc3ccccc3n2Cc2ccccc2)CC1. The van der Waals surface area contributed by atoms with Gasteiger partial charge in [0.2, 0.25) is 5.91 Å². The molecule has 0 aliphatic carbocycles. The number of aromatic nitrogens is 2. The minimum Gasteiger partial charge on any atom is -0.356 e. The van der Waals surface area contributed by atoms with E-state index in [1.165, 1.54) is 0 Å². The lowest BCUT2D eigenvalue weighted by atomic mass is 9.95. The molecule has 1 saturated heterocycles. The van der Waals surface area contributed by atoms with Gasteiger partial charge in [-0.15, -0.1) is 0 Å².